The predicted octanol–water partition coefficient (Wildman–Crippen LogP) is 3.14. The number of rotatable bonds is 2. The Bertz CT molecular complexity index is 466. The second-order valence-corrected chi connectivity index (χ2v) is 3.90. The molecular weight excluding hydrogens is 226 g/mol. The van der Waals surface area contributed by atoms with Gasteiger partial charge in [-0.15, -0.1) is 0 Å². The van der Waals surface area contributed by atoms with Crippen molar-refractivity contribution < 1.29 is 9.90 Å². The number of anilines is 1. The highest BCUT2D eigenvalue weighted by Gasteiger charge is 1.96. The molecule has 2 aromatic rings. The third-order valence-electron chi connectivity index (χ3n) is 2.29. The SMILES string of the molecule is CN(C)c1ccccc1.O=C(O)c1ccccc1. The summed E-state index contributed by atoms with van der Waals surface area (Å²) < 4.78 is 0. The highest BCUT2D eigenvalue weighted by Crippen LogP contribution is 2.07. The van der Waals surface area contributed by atoms with Gasteiger partial charge < -0.3 is 10.0 Å². The summed E-state index contributed by atoms with van der Waals surface area (Å²) in [5, 5.41) is 8.38. The molecule has 0 spiro atoms. The van der Waals surface area contributed by atoms with Gasteiger partial charge in [0.05, 0.1) is 5.56 Å². The summed E-state index contributed by atoms with van der Waals surface area (Å²) in [4.78, 5) is 12.3. The van der Waals surface area contributed by atoms with E-state index in [0.717, 1.165) is 0 Å². The molecule has 18 heavy (non-hydrogen) atoms. The lowest BCUT2D eigenvalue weighted by Crippen LogP contribution is -2.07. The van der Waals surface area contributed by atoms with Crippen LogP contribution in [0.25, 0.3) is 0 Å². The fraction of sp³-hybridized carbons (Fsp3) is 0.133. The number of hydrogen-bond donors (Lipinski definition) is 1. The van der Waals surface area contributed by atoms with Gasteiger partial charge in [-0.05, 0) is 24.3 Å². The number of aromatic carboxylic acids is 1. The number of benzene rings is 2. The lowest BCUT2D eigenvalue weighted by Gasteiger charge is -2.10. The van der Waals surface area contributed by atoms with Gasteiger partial charge in [-0.25, -0.2) is 4.79 Å². The van der Waals surface area contributed by atoms with Gasteiger partial charge in [0.2, 0.25) is 0 Å². The molecule has 2 aromatic carbocycles. The summed E-state index contributed by atoms with van der Waals surface area (Å²) in [6.45, 7) is 0. The smallest absolute Gasteiger partial charge is 0.335 e. The first-order valence-electron chi connectivity index (χ1n) is 5.62. The maximum absolute atomic E-state index is 10.2. The number of carboxylic acids is 1. The van der Waals surface area contributed by atoms with Crippen molar-refractivity contribution in [1.29, 1.82) is 0 Å². The minimum Gasteiger partial charge on any atom is -0.478 e. The molecule has 0 fully saturated rings. The molecule has 3 nitrogen and oxygen atoms in total. The third-order valence-corrected chi connectivity index (χ3v) is 2.29. The summed E-state index contributed by atoms with van der Waals surface area (Å²) >= 11 is 0. The van der Waals surface area contributed by atoms with Crippen LogP contribution in [0.4, 0.5) is 5.69 Å². The summed E-state index contributed by atoms with van der Waals surface area (Å²) in [6.07, 6.45) is 0. The van der Waals surface area contributed by atoms with Crippen LogP contribution in [-0.2, 0) is 0 Å². The van der Waals surface area contributed by atoms with Crippen molar-refractivity contribution in [1.82, 2.24) is 0 Å². The van der Waals surface area contributed by atoms with Crippen LogP contribution in [0.5, 0.6) is 0 Å². The summed E-state index contributed by atoms with van der Waals surface area (Å²) in [5.74, 6) is -0.879. The zero-order valence-electron chi connectivity index (χ0n) is 10.6. The van der Waals surface area contributed by atoms with Crippen LogP contribution in [0.1, 0.15) is 10.4 Å². The first-order chi connectivity index (χ1) is 8.61. The highest BCUT2D eigenvalue weighted by atomic mass is 16.4. The fourth-order valence-corrected chi connectivity index (χ4v) is 1.31. The first kappa shape index (κ1) is 13.8. The van der Waals surface area contributed by atoms with Crippen LogP contribution in [0.3, 0.4) is 0 Å². The highest BCUT2D eigenvalue weighted by molar-refractivity contribution is 5.87. The number of carboxylic acid groups (broad SMARTS) is 1. The van der Waals surface area contributed by atoms with E-state index in [1.165, 1.54) is 5.69 Å². The van der Waals surface area contributed by atoms with Gasteiger partial charge in [-0.2, -0.15) is 0 Å². The number of para-hydroxylation sites is 1. The van der Waals surface area contributed by atoms with Gasteiger partial charge in [0.25, 0.3) is 0 Å². The fourth-order valence-electron chi connectivity index (χ4n) is 1.31. The molecule has 0 atom stereocenters. The first-order valence-corrected chi connectivity index (χ1v) is 5.62. The van der Waals surface area contributed by atoms with Crippen molar-refractivity contribution in [3.05, 3.63) is 66.2 Å². The lowest BCUT2D eigenvalue weighted by molar-refractivity contribution is 0.0697. The summed E-state index contributed by atoms with van der Waals surface area (Å²) in [7, 11) is 4.07. The molecule has 0 aliphatic carbocycles. The Morgan fingerprint density at radius 1 is 0.889 bits per heavy atom. The quantitative estimate of drug-likeness (QED) is 0.881. The van der Waals surface area contributed by atoms with E-state index in [9.17, 15) is 4.79 Å². The van der Waals surface area contributed by atoms with Gasteiger partial charge in [-0.1, -0.05) is 36.4 Å². The third kappa shape index (κ3) is 4.70. The second kappa shape index (κ2) is 7.12. The molecule has 0 radical (unpaired) electrons. The van der Waals surface area contributed by atoms with Crippen LogP contribution >= 0.6 is 0 Å². The van der Waals surface area contributed by atoms with Crippen molar-refractivity contribution in [2.24, 2.45) is 0 Å². The van der Waals surface area contributed by atoms with E-state index in [1.54, 1.807) is 30.3 Å². The van der Waals surface area contributed by atoms with E-state index >= 15 is 0 Å². The number of hydrogen-bond acceptors (Lipinski definition) is 2. The Labute approximate surface area is 107 Å². The molecule has 0 aromatic heterocycles. The maximum atomic E-state index is 10.2. The van der Waals surface area contributed by atoms with Crippen molar-refractivity contribution >= 4 is 11.7 Å². The molecule has 0 bridgehead atoms. The predicted molar refractivity (Wildman–Crippen MR) is 74.2 cm³/mol. The molecule has 0 saturated heterocycles. The van der Waals surface area contributed by atoms with E-state index < -0.39 is 5.97 Å². The van der Waals surface area contributed by atoms with E-state index in [1.807, 2.05) is 32.3 Å². The normalized spacial score (nSPS) is 9.00. The minimum absolute atomic E-state index is 0.331. The molecule has 2 rings (SSSR count). The molecule has 0 saturated carbocycles. The molecule has 0 unspecified atom stereocenters. The zero-order valence-corrected chi connectivity index (χ0v) is 10.6. The van der Waals surface area contributed by atoms with Gasteiger partial charge in [0.1, 0.15) is 0 Å². The van der Waals surface area contributed by atoms with Gasteiger partial charge in [0, 0.05) is 19.8 Å². The molecule has 94 valence electrons. The Morgan fingerprint density at radius 3 is 1.61 bits per heavy atom. The van der Waals surface area contributed by atoms with E-state index in [-0.39, 0.29) is 0 Å². The minimum atomic E-state index is -0.879. The van der Waals surface area contributed by atoms with Gasteiger partial charge in [0.15, 0.2) is 0 Å². The number of nitrogens with zero attached hydrogens (tertiary/aromatic N) is 1. The summed E-state index contributed by atoms with van der Waals surface area (Å²) in [5.41, 5.74) is 1.58. The molecule has 3 heteroatoms. The van der Waals surface area contributed by atoms with E-state index in [0.29, 0.717) is 5.56 Å². The Hall–Kier alpha value is -2.29. The Kier molecular flexibility index (Phi) is 5.45. The van der Waals surface area contributed by atoms with Gasteiger partial charge >= 0.3 is 5.97 Å². The molecular formula is C15H17NO2. The van der Waals surface area contributed by atoms with Crippen LogP contribution < -0.4 is 4.90 Å². The van der Waals surface area contributed by atoms with E-state index in [2.05, 4.69) is 17.0 Å². The monoisotopic (exact) mass is 243 g/mol. The summed E-state index contributed by atoms with van der Waals surface area (Å²) in [6, 6.07) is 18.6. The van der Waals surface area contributed by atoms with Crippen LogP contribution in [0.2, 0.25) is 0 Å². The average Bonchev–Trinajstić information content (AvgIpc) is 2.41. The topological polar surface area (TPSA) is 40.5 Å². The van der Waals surface area contributed by atoms with Crippen LogP contribution in [-0.4, -0.2) is 25.2 Å². The van der Waals surface area contributed by atoms with Crippen molar-refractivity contribution in [2.45, 2.75) is 0 Å². The standard InChI is InChI=1S/C8H11N.C7H6O2/c1-9(2)8-6-4-3-5-7-8;8-7(9)6-4-2-1-3-5-6/h3-7H,1-2H3;1-5H,(H,8,9). The molecule has 0 amide bonds. The largest absolute Gasteiger partial charge is 0.478 e. The molecule has 0 aliphatic heterocycles. The van der Waals surface area contributed by atoms with Gasteiger partial charge in [-0.3, -0.25) is 0 Å². The number of carbonyl (C=O) groups is 1. The second-order valence-electron chi connectivity index (χ2n) is 3.90. The average molecular weight is 243 g/mol. The zero-order chi connectivity index (χ0) is 13.4. The van der Waals surface area contributed by atoms with Crippen molar-refractivity contribution in [3.63, 3.8) is 0 Å². The molecule has 0 heterocycles. The van der Waals surface area contributed by atoms with Crippen molar-refractivity contribution in [2.75, 3.05) is 19.0 Å². The molecule has 0 aliphatic rings. The Morgan fingerprint density at radius 2 is 1.33 bits per heavy atom. The van der Waals surface area contributed by atoms with Crippen molar-refractivity contribution in [3.8, 4) is 0 Å². The lowest BCUT2D eigenvalue weighted by atomic mass is 10.2. The molecule has 1 N–H and O–H groups in total. The maximum Gasteiger partial charge on any atom is 0.335 e. The van der Waals surface area contributed by atoms with Crippen LogP contribution in [0, 0.1) is 0 Å². The van der Waals surface area contributed by atoms with E-state index in [4.69, 9.17) is 5.11 Å². The Balaban J connectivity index is 0.000000180. The van der Waals surface area contributed by atoms with Crippen LogP contribution in [0.15, 0.2) is 60.7 Å².